The van der Waals surface area contributed by atoms with Gasteiger partial charge in [-0.2, -0.15) is 0 Å². The highest BCUT2D eigenvalue weighted by Gasteiger charge is 2.04. The highest BCUT2D eigenvalue weighted by atomic mass is 35.5. The maximum atomic E-state index is 6.06. The summed E-state index contributed by atoms with van der Waals surface area (Å²) in [5, 5.41) is 3.94. The molecule has 0 saturated heterocycles. The number of rotatable bonds is 4. The molecule has 4 heteroatoms. The summed E-state index contributed by atoms with van der Waals surface area (Å²) >= 11 is 6.06. The molecular formula is C10H16ClN3. The molecule has 3 nitrogen and oxygen atoms in total. The zero-order chi connectivity index (χ0) is 10.6. The van der Waals surface area contributed by atoms with Crippen LogP contribution in [0, 0.1) is 12.8 Å². The molecule has 0 amide bonds. The molecule has 0 spiro atoms. The molecule has 0 aliphatic carbocycles. The van der Waals surface area contributed by atoms with Gasteiger partial charge in [-0.1, -0.05) is 18.5 Å². The van der Waals surface area contributed by atoms with Crippen LogP contribution in [0.3, 0.4) is 0 Å². The van der Waals surface area contributed by atoms with Gasteiger partial charge in [-0.05, 0) is 25.5 Å². The molecule has 1 aromatic heterocycles. The molecule has 1 rings (SSSR count). The Bertz CT molecular complexity index is 301. The van der Waals surface area contributed by atoms with Crippen molar-refractivity contribution in [2.45, 2.75) is 13.8 Å². The van der Waals surface area contributed by atoms with Crippen LogP contribution in [-0.4, -0.2) is 18.1 Å². The number of hydrogen-bond acceptors (Lipinski definition) is 3. The van der Waals surface area contributed by atoms with Gasteiger partial charge < -0.3 is 11.1 Å². The third kappa shape index (κ3) is 2.86. The Labute approximate surface area is 89.7 Å². The van der Waals surface area contributed by atoms with Crippen molar-refractivity contribution in [1.82, 2.24) is 4.98 Å². The first-order valence-electron chi connectivity index (χ1n) is 4.70. The van der Waals surface area contributed by atoms with Crippen LogP contribution in [-0.2, 0) is 0 Å². The molecule has 0 saturated carbocycles. The van der Waals surface area contributed by atoms with E-state index in [0.717, 1.165) is 17.9 Å². The Hall–Kier alpha value is -0.800. The molecular weight excluding hydrogens is 198 g/mol. The first-order chi connectivity index (χ1) is 6.65. The molecule has 1 unspecified atom stereocenters. The summed E-state index contributed by atoms with van der Waals surface area (Å²) in [4.78, 5) is 4.09. The van der Waals surface area contributed by atoms with Crippen molar-refractivity contribution in [2.75, 3.05) is 18.4 Å². The molecule has 78 valence electrons. The second-order valence-corrected chi connectivity index (χ2v) is 3.86. The van der Waals surface area contributed by atoms with Crippen LogP contribution >= 0.6 is 11.6 Å². The highest BCUT2D eigenvalue weighted by Crippen LogP contribution is 2.23. The number of pyridine rings is 1. The van der Waals surface area contributed by atoms with E-state index < -0.39 is 0 Å². The molecule has 3 N–H and O–H groups in total. The number of halogens is 1. The van der Waals surface area contributed by atoms with E-state index in [1.165, 1.54) is 0 Å². The summed E-state index contributed by atoms with van der Waals surface area (Å²) in [6.45, 7) is 5.49. The molecule has 0 aromatic carbocycles. The van der Waals surface area contributed by atoms with E-state index in [-0.39, 0.29) is 0 Å². The Kier molecular flexibility index (Phi) is 4.17. The number of aromatic nitrogens is 1. The lowest BCUT2D eigenvalue weighted by molar-refractivity contribution is 0.628. The number of nitrogens with zero attached hydrogens (tertiary/aromatic N) is 1. The second kappa shape index (κ2) is 5.17. The van der Waals surface area contributed by atoms with Crippen molar-refractivity contribution >= 4 is 17.3 Å². The van der Waals surface area contributed by atoms with Crippen LogP contribution in [0.2, 0.25) is 5.02 Å². The number of aryl methyl sites for hydroxylation is 1. The minimum Gasteiger partial charge on any atom is -0.383 e. The minimum absolute atomic E-state index is 0.444. The molecule has 0 bridgehead atoms. The SMILES string of the molecule is Cc1nccc(NCC(C)CN)c1Cl. The fraction of sp³-hybridized carbons (Fsp3) is 0.500. The zero-order valence-electron chi connectivity index (χ0n) is 8.55. The maximum absolute atomic E-state index is 6.06. The average molecular weight is 214 g/mol. The maximum Gasteiger partial charge on any atom is 0.0849 e. The second-order valence-electron chi connectivity index (χ2n) is 3.48. The lowest BCUT2D eigenvalue weighted by Crippen LogP contribution is -2.19. The van der Waals surface area contributed by atoms with E-state index in [0.29, 0.717) is 17.5 Å². The van der Waals surface area contributed by atoms with E-state index in [4.69, 9.17) is 17.3 Å². The van der Waals surface area contributed by atoms with Gasteiger partial charge in [0.15, 0.2) is 0 Å². The lowest BCUT2D eigenvalue weighted by atomic mass is 10.2. The monoisotopic (exact) mass is 213 g/mol. The topological polar surface area (TPSA) is 50.9 Å². The van der Waals surface area contributed by atoms with Gasteiger partial charge in [0, 0.05) is 12.7 Å². The first kappa shape index (κ1) is 11.3. The largest absolute Gasteiger partial charge is 0.383 e. The number of nitrogens with two attached hydrogens (primary N) is 1. The van der Waals surface area contributed by atoms with Crippen molar-refractivity contribution in [3.63, 3.8) is 0 Å². The summed E-state index contributed by atoms with van der Waals surface area (Å²) in [6, 6.07) is 1.87. The molecule has 0 aliphatic rings. The molecule has 0 fully saturated rings. The Morgan fingerprint density at radius 1 is 1.64 bits per heavy atom. The first-order valence-corrected chi connectivity index (χ1v) is 5.08. The summed E-state index contributed by atoms with van der Waals surface area (Å²) in [5.41, 5.74) is 7.29. The van der Waals surface area contributed by atoms with Gasteiger partial charge in [0.05, 0.1) is 16.4 Å². The molecule has 1 aromatic rings. The summed E-state index contributed by atoms with van der Waals surface area (Å²) in [7, 11) is 0. The van der Waals surface area contributed by atoms with Crippen molar-refractivity contribution < 1.29 is 0 Å². The number of hydrogen-bond donors (Lipinski definition) is 2. The van der Waals surface area contributed by atoms with Crippen molar-refractivity contribution in [3.8, 4) is 0 Å². The molecule has 14 heavy (non-hydrogen) atoms. The third-order valence-corrected chi connectivity index (χ3v) is 2.58. The van der Waals surface area contributed by atoms with Gasteiger partial charge in [-0.25, -0.2) is 0 Å². The molecule has 0 radical (unpaired) electrons. The van der Waals surface area contributed by atoms with E-state index in [9.17, 15) is 0 Å². The van der Waals surface area contributed by atoms with Gasteiger partial charge >= 0.3 is 0 Å². The van der Waals surface area contributed by atoms with E-state index >= 15 is 0 Å². The van der Waals surface area contributed by atoms with Gasteiger partial charge in [-0.3, -0.25) is 4.98 Å². The van der Waals surface area contributed by atoms with Crippen molar-refractivity contribution in [1.29, 1.82) is 0 Å². The Morgan fingerprint density at radius 2 is 2.36 bits per heavy atom. The minimum atomic E-state index is 0.444. The number of nitrogens with one attached hydrogen (secondary N) is 1. The van der Waals surface area contributed by atoms with E-state index in [1.807, 2.05) is 13.0 Å². The molecule has 1 heterocycles. The summed E-state index contributed by atoms with van der Waals surface area (Å²) in [5.74, 6) is 0.444. The Balaban J connectivity index is 2.63. The number of anilines is 1. The fourth-order valence-electron chi connectivity index (χ4n) is 1.05. The van der Waals surface area contributed by atoms with Gasteiger partial charge in [0.2, 0.25) is 0 Å². The van der Waals surface area contributed by atoms with Gasteiger partial charge in [0.25, 0.3) is 0 Å². The Morgan fingerprint density at radius 3 is 3.00 bits per heavy atom. The summed E-state index contributed by atoms with van der Waals surface area (Å²) in [6.07, 6.45) is 1.75. The summed E-state index contributed by atoms with van der Waals surface area (Å²) < 4.78 is 0. The normalized spacial score (nSPS) is 12.6. The van der Waals surface area contributed by atoms with Crippen LogP contribution in [0.1, 0.15) is 12.6 Å². The van der Waals surface area contributed by atoms with E-state index in [1.54, 1.807) is 6.20 Å². The predicted octanol–water partition coefficient (Wildman–Crippen LogP) is 2.05. The van der Waals surface area contributed by atoms with Gasteiger partial charge in [0.1, 0.15) is 0 Å². The van der Waals surface area contributed by atoms with Crippen molar-refractivity contribution in [2.24, 2.45) is 11.7 Å². The lowest BCUT2D eigenvalue weighted by Gasteiger charge is -2.12. The molecule has 1 atom stereocenters. The van der Waals surface area contributed by atoms with Gasteiger partial charge in [-0.15, -0.1) is 0 Å². The van der Waals surface area contributed by atoms with Crippen LogP contribution in [0.25, 0.3) is 0 Å². The molecule has 0 aliphatic heterocycles. The predicted molar refractivity (Wildman–Crippen MR) is 60.7 cm³/mol. The van der Waals surface area contributed by atoms with Crippen LogP contribution in [0.5, 0.6) is 0 Å². The quantitative estimate of drug-likeness (QED) is 0.805. The highest BCUT2D eigenvalue weighted by molar-refractivity contribution is 6.33. The smallest absolute Gasteiger partial charge is 0.0849 e. The van der Waals surface area contributed by atoms with E-state index in [2.05, 4.69) is 17.2 Å². The van der Waals surface area contributed by atoms with Crippen LogP contribution in [0.4, 0.5) is 5.69 Å². The average Bonchev–Trinajstić information content (AvgIpc) is 2.20. The van der Waals surface area contributed by atoms with Crippen molar-refractivity contribution in [3.05, 3.63) is 23.0 Å². The van der Waals surface area contributed by atoms with Crippen LogP contribution < -0.4 is 11.1 Å². The third-order valence-electron chi connectivity index (χ3n) is 2.11. The fourth-order valence-corrected chi connectivity index (χ4v) is 1.23. The standard InChI is InChI=1S/C10H16ClN3/c1-7(5-12)6-14-9-3-4-13-8(2)10(9)11/h3-4,7H,5-6,12H2,1-2H3,(H,13,14). The zero-order valence-corrected chi connectivity index (χ0v) is 9.30. The van der Waals surface area contributed by atoms with Crippen LogP contribution in [0.15, 0.2) is 12.3 Å².